The number of nitrogens with zero attached hydrogens (tertiary/aromatic N) is 8. The normalized spacial score (nSPS) is 22.0. The lowest BCUT2D eigenvalue weighted by Gasteiger charge is -2.36. The van der Waals surface area contributed by atoms with E-state index >= 15 is 0 Å². The lowest BCUT2D eigenvalue weighted by Crippen LogP contribution is -2.48. The van der Waals surface area contributed by atoms with Crippen LogP contribution in [-0.4, -0.2) is 73.5 Å². The van der Waals surface area contributed by atoms with Gasteiger partial charge in [-0.1, -0.05) is 11.6 Å². The second kappa shape index (κ2) is 8.79. The number of halogens is 1. The SMILES string of the molecule is C[C@@H](O)CN1C[C@@H]2C[C@H]1CN2c1cc(C#N)cc(Nc2nc(NC3CC3)n3ncc(C#N)c3n2)c1Cl. The first-order valence-corrected chi connectivity index (χ1v) is 12.4. The van der Waals surface area contributed by atoms with E-state index in [1.807, 2.05) is 13.0 Å². The quantitative estimate of drug-likeness (QED) is 0.439. The lowest BCUT2D eigenvalue weighted by molar-refractivity contribution is 0.115. The zero-order valence-electron chi connectivity index (χ0n) is 19.7. The summed E-state index contributed by atoms with van der Waals surface area (Å²) >= 11 is 6.91. The highest BCUT2D eigenvalue weighted by Gasteiger charge is 2.44. The third kappa shape index (κ3) is 4.05. The summed E-state index contributed by atoms with van der Waals surface area (Å²) in [6.45, 7) is 4.10. The van der Waals surface area contributed by atoms with Gasteiger partial charge >= 0.3 is 0 Å². The number of benzene rings is 1. The number of rotatable bonds is 7. The molecule has 2 saturated heterocycles. The van der Waals surface area contributed by atoms with Gasteiger partial charge in [-0.3, -0.25) is 4.90 Å². The molecule has 12 heteroatoms. The average molecular weight is 505 g/mol. The fraction of sp³-hybridized carbons (Fsp3) is 0.458. The van der Waals surface area contributed by atoms with Crippen molar-refractivity contribution in [3.05, 3.63) is 34.5 Å². The van der Waals surface area contributed by atoms with Crippen molar-refractivity contribution >= 4 is 40.5 Å². The number of aromatic nitrogens is 4. The molecule has 6 rings (SSSR count). The van der Waals surface area contributed by atoms with Crippen LogP contribution in [0.4, 0.5) is 23.3 Å². The summed E-state index contributed by atoms with van der Waals surface area (Å²) in [4.78, 5) is 13.7. The van der Waals surface area contributed by atoms with Gasteiger partial charge in [0.2, 0.25) is 11.9 Å². The van der Waals surface area contributed by atoms with Crippen LogP contribution in [0.25, 0.3) is 5.65 Å². The molecular weight excluding hydrogens is 480 g/mol. The van der Waals surface area contributed by atoms with E-state index in [9.17, 15) is 15.6 Å². The molecule has 3 atom stereocenters. The van der Waals surface area contributed by atoms with Gasteiger partial charge in [0.1, 0.15) is 11.6 Å². The molecule has 1 aliphatic carbocycles. The Labute approximate surface area is 212 Å². The second-order valence-electron chi connectivity index (χ2n) is 9.79. The first-order valence-electron chi connectivity index (χ1n) is 12.1. The number of likely N-dealkylation sites (tertiary alicyclic amines) is 1. The first kappa shape index (κ1) is 22.8. The molecule has 1 aromatic carbocycles. The molecule has 1 saturated carbocycles. The van der Waals surface area contributed by atoms with E-state index in [0.717, 1.165) is 38.0 Å². The van der Waals surface area contributed by atoms with Crippen LogP contribution in [0.15, 0.2) is 18.3 Å². The van der Waals surface area contributed by atoms with Gasteiger partial charge in [-0.15, -0.1) is 0 Å². The number of hydrogen-bond donors (Lipinski definition) is 3. The largest absolute Gasteiger partial charge is 0.392 e. The molecule has 2 bridgehead atoms. The van der Waals surface area contributed by atoms with Gasteiger partial charge in [0.25, 0.3) is 0 Å². The van der Waals surface area contributed by atoms with Crippen molar-refractivity contribution in [3.8, 4) is 12.1 Å². The molecule has 0 amide bonds. The molecule has 11 nitrogen and oxygen atoms in total. The number of hydrogen-bond acceptors (Lipinski definition) is 10. The summed E-state index contributed by atoms with van der Waals surface area (Å²) in [5.74, 6) is 0.756. The van der Waals surface area contributed by atoms with Crippen LogP contribution in [-0.2, 0) is 0 Å². The van der Waals surface area contributed by atoms with Gasteiger partial charge in [0, 0.05) is 37.8 Å². The van der Waals surface area contributed by atoms with Gasteiger partial charge in [0.15, 0.2) is 5.65 Å². The third-order valence-corrected chi connectivity index (χ3v) is 7.39. The van der Waals surface area contributed by atoms with Crippen molar-refractivity contribution in [1.82, 2.24) is 24.5 Å². The molecule has 3 aromatic rings. The van der Waals surface area contributed by atoms with Crippen LogP contribution >= 0.6 is 11.6 Å². The Morgan fingerprint density at radius 1 is 1.19 bits per heavy atom. The highest BCUT2D eigenvalue weighted by molar-refractivity contribution is 6.36. The summed E-state index contributed by atoms with van der Waals surface area (Å²) in [7, 11) is 0. The van der Waals surface area contributed by atoms with E-state index in [2.05, 4.69) is 47.6 Å². The van der Waals surface area contributed by atoms with Crippen molar-refractivity contribution in [1.29, 1.82) is 10.5 Å². The number of aliphatic hydroxyl groups excluding tert-OH is 1. The minimum Gasteiger partial charge on any atom is -0.392 e. The summed E-state index contributed by atoms with van der Waals surface area (Å²) in [5.41, 5.74) is 2.52. The highest BCUT2D eigenvalue weighted by Crippen LogP contribution is 2.42. The summed E-state index contributed by atoms with van der Waals surface area (Å²) in [6.07, 6.45) is 4.19. The fourth-order valence-corrected chi connectivity index (χ4v) is 5.48. The molecule has 0 radical (unpaired) electrons. The van der Waals surface area contributed by atoms with Crippen LogP contribution in [0.3, 0.4) is 0 Å². The number of nitriles is 2. The van der Waals surface area contributed by atoms with E-state index in [4.69, 9.17) is 11.6 Å². The zero-order valence-corrected chi connectivity index (χ0v) is 20.4. The topological polar surface area (TPSA) is 141 Å². The van der Waals surface area contributed by atoms with Gasteiger partial charge in [0.05, 0.1) is 40.3 Å². The Kier molecular flexibility index (Phi) is 5.56. The van der Waals surface area contributed by atoms with E-state index < -0.39 is 0 Å². The van der Waals surface area contributed by atoms with E-state index in [1.165, 1.54) is 10.7 Å². The lowest BCUT2D eigenvalue weighted by atomic mass is 10.1. The number of anilines is 4. The number of aliphatic hydroxyl groups is 1. The van der Waals surface area contributed by atoms with Crippen LogP contribution in [0, 0.1) is 22.7 Å². The van der Waals surface area contributed by atoms with Crippen molar-refractivity contribution in [3.63, 3.8) is 0 Å². The number of piperazine rings is 1. The molecule has 2 aromatic heterocycles. The molecule has 3 aliphatic rings. The number of β-amino-alcohol motifs (C(OH)–C–C–N with tert-alkyl or cyclic N) is 1. The van der Waals surface area contributed by atoms with Gasteiger partial charge < -0.3 is 20.6 Å². The first-order chi connectivity index (χ1) is 17.4. The highest BCUT2D eigenvalue weighted by atomic mass is 35.5. The minimum absolute atomic E-state index is 0.261. The molecular formula is C24H25ClN10O. The van der Waals surface area contributed by atoms with E-state index in [1.54, 1.807) is 6.07 Å². The monoisotopic (exact) mass is 504 g/mol. The van der Waals surface area contributed by atoms with Crippen molar-refractivity contribution in [2.75, 3.05) is 35.2 Å². The molecule has 0 unspecified atom stereocenters. The maximum atomic E-state index is 9.81. The Morgan fingerprint density at radius 2 is 2.03 bits per heavy atom. The van der Waals surface area contributed by atoms with Crippen LogP contribution < -0.4 is 15.5 Å². The van der Waals surface area contributed by atoms with Crippen LogP contribution in [0.1, 0.15) is 37.3 Å². The van der Waals surface area contributed by atoms with Gasteiger partial charge in [-0.25, -0.2) is 0 Å². The minimum atomic E-state index is -0.368. The van der Waals surface area contributed by atoms with E-state index in [0.29, 0.717) is 52.1 Å². The Morgan fingerprint density at radius 3 is 2.69 bits per heavy atom. The summed E-state index contributed by atoms with van der Waals surface area (Å²) in [6, 6.07) is 8.79. The van der Waals surface area contributed by atoms with Crippen molar-refractivity contribution < 1.29 is 5.11 Å². The molecule has 3 N–H and O–H groups in total. The van der Waals surface area contributed by atoms with Crippen molar-refractivity contribution in [2.45, 2.75) is 50.4 Å². The molecule has 0 spiro atoms. The predicted molar refractivity (Wildman–Crippen MR) is 134 cm³/mol. The standard InChI is InChI=1S/C24H25ClN10O/c1-13(36)10-33-11-18-6-17(33)12-34(18)20-5-14(7-26)4-19(21(20)25)30-23-31-22-15(8-27)9-28-35(22)24(32-23)29-16-2-3-16/h4-5,9,13,16-18,36H,2-3,6,10-12H2,1H3,(H2,29,30,31,32)/t13-,17+,18+/m1/s1. The molecule has 2 aliphatic heterocycles. The second-order valence-corrected chi connectivity index (χ2v) is 10.2. The maximum Gasteiger partial charge on any atom is 0.232 e. The molecule has 184 valence electrons. The zero-order chi connectivity index (χ0) is 25.0. The van der Waals surface area contributed by atoms with Crippen LogP contribution in [0.5, 0.6) is 0 Å². The van der Waals surface area contributed by atoms with Crippen LogP contribution in [0.2, 0.25) is 5.02 Å². The Balaban J connectivity index is 1.33. The summed E-state index contributed by atoms with van der Waals surface area (Å²) < 4.78 is 1.53. The third-order valence-electron chi connectivity index (χ3n) is 6.99. The molecule has 3 fully saturated rings. The molecule has 4 heterocycles. The maximum absolute atomic E-state index is 9.81. The van der Waals surface area contributed by atoms with Gasteiger partial charge in [-0.2, -0.15) is 30.1 Å². The van der Waals surface area contributed by atoms with Crippen molar-refractivity contribution in [2.24, 2.45) is 0 Å². The molecule has 36 heavy (non-hydrogen) atoms. The predicted octanol–water partition coefficient (Wildman–Crippen LogP) is 2.48. The Hall–Kier alpha value is -3.64. The average Bonchev–Trinajstić information content (AvgIpc) is 3.24. The number of nitrogens with one attached hydrogen (secondary N) is 2. The smallest absolute Gasteiger partial charge is 0.232 e. The summed E-state index contributed by atoms with van der Waals surface area (Å²) in [5, 5.41) is 40.3. The number of fused-ring (bicyclic) bond motifs is 3. The Bertz CT molecular complexity index is 1420. The fourth-order valence-electron chi connectivity index (χ4n) is 5.22. The van der Waals surface area contributed by atoms with E-state index in [-0.39, 0.29) is 18.1 Å². The van der Waals surface area contributed by atoms with Gasteiger partial charge in [-0.05, 0) is 38.3 Å².